The van der Waals surface area contributed by atoms with E-state index in [1.807, 2.05) is 66.6 Å². The van der Waals surface area contributed by atoms with Crippen molar-refractivity contribution in [2.75, 3.05) is 52.9 Å². The Bertz CT molecular complexity index is 1990. The van der Waals surface area contributed by atoms with E-state index >= 15 is 0 Å². The minimum Gasteiger partial charge on any atom is -0.446 e. The first-order chi connectivity index (χ1) is 27.9. The number of likely N-dealkylation sites (N-methyl/N-ethyl adjacent to an activating group) is 1. The van der Waals surface area contributed by atoms with Crippen LogP contribution >= 0.6 is 0 Å². The Kier molecular flexibility index (Phi) is 12.9. The standard InChI is InChI=1S/C41H55N7O9S/c1-45-20-23-47(24-21-45)58(54,55)44-38(51)41-26-31(41)15-5-3-2-4-6-19-34(42-39(52)57-32-16-8-9-17-32)37(50)48-25-22-46(27-35(48)36(49)43-41)40(53)56-28-30-14-11-13-29-12-7-10-18-33(29)30/h5,7,10-15,18,31-32,34-35H,2-4,6,8-9,16-17,19-28H2,1H3,(H,42,52)(H,43,49)(H,44,51)/b15-5+/t31?,34-,35-,41-/m0/s1. The second-order valence-corrected chi connectivity index (χ2v) is 17.8. The van der Waals surface area contributed by atoms with Crippen molar-refractivity contribution in [3.05, 3.63) is 60.2 Å². The Morgan fingerprint density at radius 3 is 2.43 bits per heavy atom. The van der Waals surface area contributed by atoms with E-state index in [1.54, 1.807) is 0 Å². The van der Waals surface area contributed by atoms with Gasteiger partial charge < -0.3 is 34.8 Å². The number of fused-ring (bicyclic) bond motifs is 3. The predicted molar refractivity (Wildman–Crippen MR) is 214 cm³/mol. The van der Waals surface area contributed by atoms with Gasteiger partial charge in [-0.15, -0.1) is 0 Å². The van der Waals surface area contributed by atoms with E-state index in [-0.39, 0.29) is 51.9 Å². The molecule has 3 aliphatic heterocycles. The molecule has 16 nitrogen and oxygen atoms in total. The minimum absolute atomic E-state index is 0.0234. The van der Waals surface area contributed by atoms with Gasteiger partial charge in [-0.25, -0.2) is 14.3 Å². The Balaban J connectivity index is 1.13. The first-order valence-corrected chi connectivity index (χ1v) is 22.0. The highest BCUT2D eigenvalue weighted by atomic mass is 32.2. The summed E-state index contributed by atoms with van der Waals surface area (Å²) in [4.78, 5) is 74.6. The molecule has 3 N–H and O–H groups in total. The summed E-state index contributed by atoms with van der Waals surface area (Å²) in [6.45, 7) is 1.12. The van der Waals surface area contributed by atoms with E-state index in [9.17, 15) is 32.4 Å². The monoisotopic (exact) mass is 821 g/mol. The number of ether oxygens (including phenoxy) is 2. The summed E-state index contributed by atoms with van der Waals surface area (Å²) in [5, 5.41) is 7.56. The molecule has 7 rings (SSSR count). The highest BCUT2D eigenvalue weighted by Gasteiger charge is 2.61. The fourth-order valence-corrected chi connectivity index (χ4v) is 9.70. The van der Waals surface area contributed by atoms with Gasteiger partial charge in [0.05, 0.1) is 6.54 Å². The van der Waals surface area contributed by atoms with Crippen LogP contribution in [0, 0.1) is 5.92 Å². The predicted octanol–water partition coefficient (Wildman–Crippen LogP) is 3.03. The highest BCUT2D eigenvalue weighted by Crippen LogP contribution is 2.45. The maximum Gasteiger partial charge on any atom is 0.410 e. The van der Waals surface area contributed by atoms with Crippen LogP contribution in [0.4, 0.5) is 9.59 Å². The SMILES string of the molecule is CN1CCN(S(=O)(=O)NC(=O)[C@]23CC2/C=C/CCCCC[C@H](NC(=O)OC2CCCC2)C(=O)N2CCN(C(=O)OCc4cccc5ccccc45)C[C@H]2C(=O)N3)CC1. The van der Waals surface area contributed by atoms with Crippen molar-refractivity contribution in [2.45, 2.75) is 94.5 Å². The third-order valence-electron chi connectivity index (χ3n) is 12.1. The molecule has 4 fully saturated rings. The molecule has 2 aromatic rings. The van der Waals surface area contributed by atoms with E-state index in [0.717, 1.165) is 54.9 Å². The third-order valence-corrected chi connectivity index (χ3v) is 13.6. The number of hydrogen-bond donors (Lipinski definition) is 3. The largest absolute Gasteiger partial charge is 0.446 e. The van der Waals surface area contributed by atoms with Gasteiger partial charge in [-0.1, -0.05) is 67.5 Å². The molecule has 1 unspecified atom stereocenters. The van der Waals surface area contributed by atoms with Gasteiger partial charge in [0, 0.05) is 45.2 Å². The second-order valence-electron chi connectivity index (χ2n) is 16.2. The number of piperazine rings is 2. The van der Waals surface area contributed by atoms with Crippen molar-refractivity contribution in [1.29, 1.82) is 0 Å². The van der Waals surface area contributed by atoms with Gasteiger partial charge in [0.25, 0.3) is 5.91 Å². The molecular weight excluding hydrogens is 767 g/mol. The Morgan fingerprint density at radius 2 is 1.64 bits per heavy atom. The Hall–Kier alpha value is -4.74. The molecule has 0 spiro atoms. The number of carbonyl (C=O) groups excluding carboxylic acids is 5. The van der Waals surface area contributed by atoms with E-state index in [1.165, 1.54) is 14.1 Å². The molecule has 2 aliphatic carbocycles. The van der Waals surface area contributed by atoms with Crippen molar-refractivity contribution in [2.24, 2.45) is 5.92 Å². The van der Waals surface area contributed by atoms with Crippen molar-refractivity contribution in [3.63, 3.8) is 0 Å². The van der Waals surface area contributed by atoms with Crippen LogP contribution in [0.15, 0.2) is 54.6 Å². The average molecular weight is 822 g/mol. The topological polar surface area (TPSA) is 187 Å². The lowest BCUT2D eigenvalue weighted by atomic mass is 10.0. The van der Waals surface area contributed by atoms with Crippen molar-refractivity contribution < 1.29 is 41.9 Å². The first-order valence-electron chi connectivity index (χ1n) is 20.6. The van der Waals surface area contributed by atoms with E-state index in [4.69, 9.17) is 9.47 Å². The Labute approximate surface area is 339 Å². The lowest BCUT2D eigenvalue weighted by Crippen LogP contribution is -2.66. The quantitative estimate of drug-likeness (QED) is 0.351. The number of carbonyl (C=O) groups is 5. The zero-order valence-electron chi connectivity index (χ0n) is 33.1. The number of amides is 5. The zero-order valence-corrected chi connectivity index (χ0v) is 33.9. The number of hydrogen-bond acceptors (Lipinski definition) is 10. The van der Waals surface area contributed by atoms with Gasteiger partial charge in [-0.05, 0) is 74.8 Å². The molecule has 5 aliphatic rings. The number of nitrogens with one attached hydrogen (secondary N) is 3. The number of nitrogens with zero attached hydrogens (tertiary/aromatic N) is 4. The molecule has 17 heteroatoms. The van der Waals surface area contributed by atoms with E-state index in [0.29, 0.717) is 32.4 Å². The summed E-state index contributed by atoms with van der Waals surface area (Å²) < 4.78 is 41.7. The number of allylic oxidation sites excluding steroid dienone is 1. The molecule has 314 valence electrons. The first kappa shape index (κ1) is 41.4. The number of alkyl carbamates (subject to hydrolysis) is 1. The second kappa shape index (κ2) is 18.0. The number of rotatable bonds is 7. The molecule has 4 atom stereocenters. The van der Waals surface area contributed by atoms with E-state index in [2.05, 4.69) is 15.4 Å². The van der Waals surface area contributed by atoms with Crippen LogP contribution in [0.5, 0.6) is 0 Å². The molecule has 0 aromatic heterocycles. The summed E-state index contributed by atoms with van der Waals surface area (Å²) in [5.74, 6) is -2.61. The van der Waals surface area contributed by atoms with Crippen LogP contribution in [-0.2, 0) is 40.7 Å². The molecule has 2 saturated heterocycles. The van der Waals surface area contributed by atoms with Crippen LogP contribution in [0.25, 0.3) is 10.8 Å². The molecule has 3 heterocycles. The molecule has 2 saturated carbocycles. The lowest BCUT2D eigenvalue weighted by molar-refractivity contribution is -0.146. The zero-order chi connectivity index (χ0) is 40.9. The molecule has 0 radical (unpaired) electrons. The normalized spacial score (nSPS) is 27.3. The molecule has 2 aromatic carbocycles. The van der Waals surface area contributed by atoms with Crippen molar-refractivity contribution >= 4 is 50.9 Å². The van der Waals surface area contributed by atoms with Gasteiger partial charge >= 0.3 is 22.4 Å². The van der Waals surface area contributed by atoms with Crippen LogP contribution in [0.1, 0.15) is 69.8 Å². The third kappa shape index (κ3) is 9.58. The van der Waals surface area contributed by atoms with Gasteiger partial charge in [-0.2, -0.15) is 12.7 Å². The molecule has 58 heavy (non-hydrogen) atoms. The van der Waals surface area contributed by atoms with Gasteiger partial charge in [0.2, 0.25) is 11.8 Å². The maximum atomic E-state index is 14.6. The molecule has 5 amide bonds. The fraction of sp³-hybridized carbons (Fsp3) is 0.585. The van der Waals surface area contributed by atoms with Crippen LogP contribution in [0.3, 0.4) is 0 Å². The van der Waals surface area contributed by atoms with Crippen molar-refractivity contribution in [3.8, 4) is 0 Å². The lowest BCUT2D eigenvalue weighted by Gasteiger charge is -2.41. The van der Waals surface area contributed by atoms with Crippen LogP contribution in [0.2, 0.25) is 0 Å². The van der Waals surface area contributed by atoms with Gasteiger partial charge in [-0.3, -0.25) is 14.4 Å². The van der Waals surface area contributed by atoms with Crippen LogP contribution < -0.4 is 15.4 Å². The smallest absolute Gasteiger partial charge is 0.410 e. The summed E-state index contributed by atoms with van der Waals surface area (Å²) >= 11 is 0. The fourth-order valence-electron chi connectivity index (χ4n) is 8.51. The highest BCUT2D eigenvalue weighted by molar-refractivity contribution is 7.87. The summed E-state index contributed by atoms with van der Waals surface area (Å²) in [6, 6.07) is 11.2. The maximum absolute atomic E-state index is 14.6. The van der Waals surface area contributed by atoms with Crippen molar-refractivity contribution in [1.82, 2.24) is 34.4 Å². The van der Waals surface area contributed by atoms with E-state index < -0.39 is 63.7 Å². The average Bonchev–Trinajstić information content (AvgIpc) is 3.66. The minimum atomic E-state index is -4.23. The Morgan fingerprint density at radius 1 is 0.897 bits per heavy atom. The van der Waals surface area contributed by atoms with Gasteiger partial charge in [0.15, 0.2) is 0 Å². The van der Waals surface area contributed by atoms with Crippen LogP contribution in [-0.4, -0.2) is 134 Å². The number of benzene rings is 2. The summed E-state index contributed by atoms with van der Waals surface area (Å²) in [6.07, 6.45) is 8.88. The summed E-state index contributed by atoms with van der Waals surface area (Å²) in [5.41, 5.74) is -0.806. The molecular formula is C41H55N7O9S. The molecule has 0 bridgehead atoms. The summed E-state index contributed by atoms with van der Waals surface area (Å²) in [7, 11) is -2.34. The van der Waals surface area contributed by atoms with Gasteiger partial charge in [0.1, 0.15) is 30.3 Å².